The standard InChI is InChI=1S/C30H53N3O7/c1-22(34)18-32(21-29(39)40-30(5,6)7)16-12-10-14-27(33(19-23(2)35)20-24(3)36)28(38)17-26(25(4)37)13-9-11-15-31-8/h26-27,31H,9-21H2,1-8H3/t26-,27+/m1/s1. The molecule has 0 aliphatic heterocycles. The van der Waals surface area contributed by atoms with Gasteiger partial charge in [-0.05, 0) is 94.3 Å². The van der Waals surface area contributed by atoms with Crippen LogP contribution in [0.4, 0.5) is 0 Å². The summed E-state index contributed by atoms with van der Waals surface area (Å²) >= 11 is 0. The molecule has 0 rings (SSSR count). The van der Waals surface area contributed by atoms with Gasteiger partial charge in [-0.15, -0.1) is 0 Å². The van der Waals surface area contributed by atoms with E-state index in [1.54, 1.807) is 30.6 Å². The number of nitrogens with zero attached hydrogens (tertiary/aromatic N) is 2. The number of ketones is 5. The number of carbonyl (C=O) groups is 6. The Kier molecular flexibility index (Phi) is 18.6. The van der Waals surface area contributed by atoms with Crippen LogP contribution >= 0.6 is 0 Å². The first-order chi connectivity index (χ1) is 18.5. The normalized spacial score (nSPS) is 13.2. The van der Waals surface area contributed by atoms with Gasteiger partial charge in [-0.25, -0.2) is 0 Å². The van der Waals surface area contributed by atoms with Gasteiger partial charge in [0.15, 0.2) is 5.78 Å². The molecular formula is C30H53N3O7. The van der Waals surface area contributed by atoms with E-state index in [1.165, 1.54) is 27.7 Å². The van der Waals surface area contributed by atoms with Crippen LogP contribution < -0.4 is 5.32 Å². The lowest BCUT2D eigenvalue weighted by atomic mass is 9.88. The van der Waals surface area contributed by atoms with E-state index in [4.69, 9.17) is 4.74 Å². The Morgan fingerprint density at radius 3 is 1.77 bits per heavy atom. The number of hydrogen-bond acceptors (Lipinski definition) is 10. The van der Waals surface area contributed by atoms with Crippen molar-refractivity contribution >= 4 is 34.9 Å². The monoisotopic (exact) mass is 567 g/mol. The fourth-order valence-electron chi connectivity index (χ4n) is 4.67. The summed E-state index contributed by atoms with van der Waals surface area (Å²) in [6.07, 6.45) is 3.95. The van der Waals surface area contributed by atoms with Crippen LogP contribution in [0, 0.1) is 5.92 Å². The molecule has 40 heavy (non-hydrogen) atoms. The summed E-state index contributed by atoms with van der Waals surface area (Å²) in [6, 6.07) is -0.681. The second kappa shape index (κ2) is 19.7. The highest BCUT2D eigenvalue weighted by atomic mass is 16.6. The Bertz CT molecular complexity index is 835. The van der Waals surface area contributed by atoms with Crippen LogP contribution in [0.5, 0.6) is 0 Å². The molecule has 0 unspecified atom stereocenters. The average Bonchev–Trinajstić information content (AvgIpc) is 2.77. The van der Waals surface area contributed by atoms with Crippen molar-refractivity contribution in [3.05, 3.63) is 0 Å². The predicted octanol–water partition coefficient (Wildman–Crippen LogP) is 2.79. The Morgan fingerprint density at radius 2 is 1.30 bits per heavy atom. The van der Waals surface area contributed by atoms with Crippen molar-refractivity contribution in [2.75, 3.05) is 46.3 Å². The van der Waals surface area contributed by atoms with Gasteiger partial charge in [0.2, 0.25) is 0 Å². The van der Waals surface area contributed by atoms with Crippen molar-refractivity contribution < 1.29 is 33.5 Å². The minimum atomic E-state index is -0.681. The Morgan fingerprint density at radius 1 is 0.750 bits per heavy atom. The lowest BCUT2D eigenvalue weighted by molar-refractivity contribution is -0.156. The summed E-state index contributed by atoms with van der Waals surface area (Å²) in [6.45, 7) is 12.5. The fourth-order valence-corrected chi connectivity index (χ4v) is 4.67. The summed E-state index contributed by atoms with van der Waals surface area (Å²) < 4.78 is 5.39. The first kappa shape index (κ1) is 37.7. The number of hydrogen-bond donors (Lipinski definition) is 1. The highest BCUT2D eigenvalue weighted by Gasteiger charge is 2.30. The Hall–Kier alpha value is -2.30. The number of unbranched alkanes of at least 4 members (excludes halogenated alkanes) is 2. The summed E-state index contributed by atoms with van der Waals surface area (Å²) in [5.41, 5.74) is -0.631. The topological polar surface area (TPSA) is 130 Å². The fraction of sp³-hybridized carbons (Fsp3) is 0.800. The maximum Gasteiger partial charge on any atom is 0.320 e. The number of nitrogens with one attached hydrogen (secondary N) is 1. The summed E-state index contributed by atoms with van der Waals surface area (Å²) in [7, 11) is 1.87. The third kappa shape index (κ3) is 18.9. The molecule has 10 nitrogen and oxygen atoms in total. The summed E-state index contributed by atoms with van der Waals surface area (Å²) in [5, 5.41) is 3.08. The van der Waals surface area contributed by atoms with Gasteiger partial charge in [-0.1, -0.05) is 12.8 Å². The lowest BCUT2D eigenvalue weighted by Gasteiger charge is -2.30. The van der Waals surface area contributed by atoms with Gasteiger partial charge in [0.25, 0.3) is 0 Å². The molecule has 0 fully saturated rings. The number of Topliss-reactive ketones (excluding diaryl/α,β-unsaturated/α-hetero) is 5. The van der Waals surface area contributed by atoms with Crippen molar-refractivity contribution in [3.63, 3.8) is 0 Å². The third-order valence-electron chi connectivity index (χ3n) is 6.34. The zero-order chi connectivity index (χ0) is 30.9. The smallest absolute Gasteiger partial charge is 0.320 e. The maximum atomic E-state index is 13.6. The molecule has 0 radical (unpaired) electrons. The first-order valence-electron chi connectivity index (χ1n) is 14.4. The molecular weight excluding hydrogens is 514 g/mol. The molecule has 2 atom stereocenters. The van der Waals surface area contributed by atoms with Gasteiger partial charge < -0.3 is 10.1 Å². The van der Waals surface area contributed by atoms with Crippen LogP contribution in [-0.4, -0.2) is 103 Å². The van der Waals surface area contributed by atoms with E-state index in [2.05, 4.69) is 5.32 Å². The van der Waals surface area contributed by atoms with Crippen molar-refractivity contribution in [1.82, 2.24) is 15.1 Å². The molecule has 0 aromatic carbocycles. The summed E-state index contributed by atoms with van der Waals surface area (Å²) in [5.74, 6) is -1.38. The molecule has 0 heterocycles. The van der Waals surface area contributed by atoms with E-state index in [9.17, 15) is 28.8 Å². The van der Waals surface area contributed by atoms with Crippen molar-refractivity contribution in [2.24, 2.45) is 5.92 Å². The molecule has 0 spiro atoms. The maximum absolute atomic E-state index is 13.6. The number of esters is 1. The minimum absolute atomic E-state index is 0.0200. The van der Waals surface area contributed by atoms with E-state index in [1.807, 2.05) is 7.05 Å². The predicted molar refractivity (Wildman–Crippen MR) is 155 cm³/mol. The molecule has 0 amide bonds. The zero-order valence-electron chi connectivity index (χ0n) is 26.1. The highest BCUT2D eigenvalue weighted by Crippen LogP contribution is 2.20. The second-order valence-electron chi connectivity index (χ2n) is 11.9. The lowest BCUT2D eigenvalue weighted by Crippen LogP contribution is -2.46. The molecule has 230 valence electrons. The van der Waals surface area contributed by atoms with E-state index in [0.717, 1.165) is 19.4 Å². The molecule has 10 heteroatoms. The van der Waals surface area contributed by atoms with Gasteiger partial charge in [0.1, 0.15) is 28.7 Å². The van der Waals surface area contributed by atoms with E-state index >= 15 is 0 Å². The molecule has 0 aromatic rings. The van der Waals surface area contributed by atoms with Crippen molar-refractivity contribution in [3.8, 4) is 0 Å². The number of carbonyl (C=O) groups excluding carboxylic acids is 6. The average molecular weight is 568 g/mol. The molecule has 1 N–H and O–H groups in total. The van der Waals surface area contributed by atoms with Crippen LogP contribution in [-0.2, 0) is 33.5 Å². The van der Waals surface area contributed by atoms with Crippen LogP contribution in [0.25, 0.3) is 0 Å². The molecule has 0 saturated carbocycles. The van der Waals surface area contributed by atoms with Gasteiger partial charge >= 0.3 is 5.97 Å². The first-order valence-corrected chi connectivity index (χ1v) is 14.4. The Balaban J connectivity index is 5.54. The highest BCUT2D eigenvalue weighted by molar-refractivity contribution is 5.91. The molecule has 0 saturated heterocycles. The third-order valence-corrected chi connectivity index (χ3v) is 6.34. The van der Waals surface area contributed by atoms with Crippen molar-refractivity contribution in [2.45, 2.75) is 105 Å². The van der Waals surface area contributed by atoms with Gasteiger partial charge in [-0.3, -0.25) is 38.6 Å². The van der Waals surface area contributed by atoms with Gasteiger partial charge in [0, 0.05) is 12.3 Å². The van der Waals surface area contributed by atoms with Gasteiger partial charge in [-0.2, -0.15) is 0 Å². The molecule has 0 aliphatic rings. The summed E-state index contributed by atoms with van der Waals surface area (Å²) in [4.78, 5) is 77.4. The zero-order valence-corrected chi connectivity index (χ0v) is 26.1. The molecule has 0 aliphatic carbocycles. The number of ether oxygens (including phenoxy) is 1. The van der Waals surface area contributed by atoms with E-state index in [0.29, 0.717) is 32.2 Å². The van der Waals surface area contributed by atoms with Gasteiger partial charge in [0.05, 0.1) is 32.2 Å². The number of rotatable bonds is 23. The second-order valence-corrected chi connectivity index (χ2v) is 11.9. The van der Waals surface area contributed by atoms with Crippen LogP contribution in [0.15, 0.2) is 0 Å². The van der Waals surface area contributed by atoms with Crippen LogP contribution in [0.1, 0.15) is 93.4 Å². The van der Waals surface area contributed by atoms with E-state index in [-0.39, 0.29) is 61.5 Å². The SMILES string of the molecule is CNCCCC[C@H](CC(=O)[C@H](CCCCN(CC(C)=O)CC(=O)OC(C)(C)C)N(CC(C)=O)CC(C)=O)C(C)=O. The van der Waals surface area contributed by atoms with Crippen LogP contribution in [0.2, 0.25) is 0 Å². The largest absolute Gasteiger partial charge is 0.459 e. The van der Waals surface area contributed by atoms with Crippen LogP contribution in [0.3, 0.4) is 0 Å². The quantitative estimate of drug-likeness (QED) is 0.145. The van der Waals surface area contributed by atoms with Crippen molar-refractivity contribution in [1.29, 1.82) is 0 Å². The minimum Gasteiger partial charge on any atom is -0.459 e. The van der Waals surface area contributed by atoms with E-state index < -0.39 is 23.5 Å². The Labute approximate surface area is 240 Å². The molecule has 0 aromatic heterocycles. The molecule has 0 bridgehead atoms.